The van der Waals surface area contributed by atoms with Crippen LogP contribution in [0, 0.1) is 0 Å². The Hall–Kier alpha value is -3.37. The van der Waals surface area contributed by atoms with Crippen molar-refractivity contribution in [3.8, 4) is 5.69 Å². The first-order chi connectivity index (χ1) is 13.7. The normalized spacial score (nSPS) is 11.2. The van der Waals surface area contributed by atoms with Gasteiger partial charge in [-0.1, -0.05) is 19.9 Å². The smallest absolute Gasteiger partial charge is 0.345 e. The molecule has 0 fully saturated rings. The van der Waals surface area contributed by atoms with Crippen molar-refractivity contribution < 1.29 is 27.6 Å². The molecule has 2 rings (SSSR count). The average molecular weight is 411 g/mol. The summed E-state index contributed by atoms with van der Waals surface area (Å²) in [6.07, 6.45) is -2.34. The quantitative estimate of drug-likeness (QED) is 0.517. The van der Waals surface area contributed by atoms with Gasteiger partial charge in [-0.3, -0.25) is 25.2 Å². The number of nitrogens with zero attached hydrogens (tertiary/aromatic N) is 2. The van der Waals surface area contributed by atoms with Gasteiger partial charge in [0.15, 0.2) is 0 Å². The van der Waals surface area contributed by atoms with Crippen LogP contribution in [-0.2, 0) is 15.8 Å². The Morgan fingerprint density at radius 1 is 1.07 bits per heavy atom. The van der Waals surface area contributed by atoms with Crippen molar-refractivity contribution in [3.63, 3.8) is 0 Å². The number of amides is 3. The Morgan fingerprint density at radius 2 is 1.76 bits per heavy atom. The molecular formula is C18H20F3N5O3. The average Bonchev–Trinajstić information content (AvgIpc) is 3.20. The number of hydrogen-bond acceptors (Lipinski definition) is 4. The van der Waals surface area contributed by atoms with Gasteiger partial charge in [-0.05, 0) is 37.1 Å². The second kappa shape index (κ2) is 9.22. The molecule has 0 aliphatic carbocycles. The first-order valence-electron chi connectivity index (χ1n) is 8.80. The molecule has 3 amide bonds. The number of halogens is 3. The van der Waals surface area contributed by atoms with Crippen molar-refractivity contribution in [2.75, 3.05) is 0 Å². The van der Waals surface area contributed by atoms with E-state index in [-0.39, 0.29) is 17.3 Å². The summed E-state index contributed by atoms with van der Waals surface area (Å²) in [5.41, 5.74) is 3.00. The molecule has 0 saturated heterocycles. The minimum absolute atomic E-state index is 0.00720. The van der Waals surface area contributed by atoms with Crippen LogP contribution in [0.4, 0.5) is 13.2 Å². The summed E-state index contributed by atoms with van der Waals surface area (Å²) in [6, 6.07) is 5.87. The van der Waals surface area contributed by atoms with Gasteiger partial charge in [0.2, 0.25) is 0 Å². The lowest BCUT2D eigenvalue weighted by atomic mass is 10.2. The van der Waals surface area contributed by atoms with E-state index in [4.69, 9.17) is 0 Å². The van der Waals surface area contributed by atoms with Gasteiger partial charge in [0.05, 0.1) is 11.9 Å². The van der Waals surface area contributed by atoms with E-state index in [1.807, 2.05) is 19.3 Å². The van der Waals surface area contributed by atoms with E-state index in [2.05, 4.69) is 15.8 Å². The molecule has 0 saturated carbocycles. The predicted molar refractivity (Wildman–Crippen MR) is 96.7 cm³/mol. The van der Waals surface area contributed by atoms with Crippen LogP contribution in [0.1, 0.15) is 42.7 Å². The number of rotatable bonds is 5. The zero-order valence-electron chi connectivity index (χ0n) is 15.7. The predicted octanol–water partition coefficient (Wildman–Crippen LogP) is 1.96. The molecule has 0 bridgehead atoms. The fourth-order valence-corrected chi connectivity index (χ4v) is 2.49. The summed E-state index contributed by atoms with van der Waals surface area (Å²) in [5.74, 6) is -2.77. The maximum Gasteiger partial charge on any atom is 0.433 e. The molecular weight excluding hydrogens is 391 g/mol. The number of benzene rings is 1. The Kier molecular flexibility index (Phi) is 6.97. The minimum atomic E-state index is -4.62. The van der Waals surface area contributed by atoms with Crippen LogP contribution in [0.25, 0.3) is 5.69 Å². The molecule has 1 aromatic carbocycles. The van der Waals surface area contributed by atoms with Crippen molar-refractivity contribution >= 4 is 17.7 Å². The van der Waals surface area contributed by atoms with Crippen LogP contribution in [0.3, 0.4) is 0 Å². The van der Waals surface area contributed by atoms with Gasteiger partial charge in [-0.25, -0.2) is 4.68 Å². The van der Waals surface area contributed by atoms with Crippen LogP contribution in [-0.4, -0.2) is 33.5 Å². The molecule has 1 aromatic heterocycles. The summed E-state index contributed by atoms with van der Waals surface area (Å²) >= 11 is 0. The van der Waals surface area contributed by atoms with E-state index in [0.717, 1.165) is 12.3 Å². The summed E-state index contributed by atoms with van der Waals surface area (Å²) < 4.78 is 39.7. The number of hydrogen-bond donors (Lipinski definition) is 3. The van der Waals surface area contributed by atoms with Gasteiger partial charge in [0.1, 0.15) is 5.69 Å². The van der Waals surface area contributed by atoms with Crippen LogP contribution < -0.4 is 16.2 Å². The zero-order valence-corrected chi connectivity index (χ0v) is 15.7. The zero-order chi connectivity index (χ0) is 21.6. The maximum absolute atomic E-state index is 13.0. The Balaban J connectivity index is 2.06. The lowest BCUT2D eigenvalue weighted by Crippen LogP contribution is -2.50. The van der Waals surface area contributed by atoms with Gasteiger partial charge in [-0.2, -0.15) is 18.3 Å². The van der Waals surface area contributed by atoms with E-state index in [9.17, 15) is 27.6 Å². The van der Waals surface area contributed by atoms with E-state index in [1.54, 1.807) is 0 Å². The number of nitrogens with one attached hydrogen (secondary N) is 3. The molecule has 8 nitrogen and oxygen atoms in total. The van der Waals surface area contributed by atoms with Crippen LogP contribution in [0.5, 0.6) is 0 Å². The Labute approximate surface area is 164 Å². The summed E-state index contributed by atoms with van der Waals surface area (Å²) in [7, 11) is 0. The molecule has 0 spiro atoms. The van der Waals surface area contributed by atoms with Crippen LogP contribution in [0.2, 0.25) is 0 Å². The van der Waals surface area contributed by atoms with Crippen molar-refractivity contribution in [1.29, 1.82) is 0 Å². The highest BCUT2D eigenvalue weighted by molar-refractivity contribution is 6.35. The standard InChI is InChI=1S/C18H20F3N5O3/c1-3-12(4-2)23-16(28)17(29)25-24-15(27)11-6-5-7-13(10-11)26-14(8-9-22-26)18(19,20)21/h5-10,12H,3-4H2,1-2H3,(H,23,28)(H,24,27)(H,25,29). The largest absolute Gasteiger partial charge is 0.433 e. The van der Waals surface area contributed by atoms with E-state index in [1.165, 1.54) is 24.3 Å². The maximum atomic E-state index is 13.0. The number of carbonyl (C=O) groups excluding carboxylic acids is 3. The van der Waals surface area contributed by atoms with Gasteiger partial charge in [0.25, 0.3) is 5.91 Å². The third kappa shape index (κ3) is 5.56. The molecule has 156 valence electrons. The highest BCUT2D eigenvalue weighted by Gasteiger charge is 2.35. The molecule has 29 heavy (non-hydrogen) atoms. The third-order valence-corrected chi connectivity index (χ3v) is 4.10. The molecule has 3 N–H and O–H groups in total. The number of carbonyl (C=O) groups is 3. The van der Waals surface area contributed by atoms with Crippen molar-refractivity contribution in [2.45, 2.75) is 38.9 Å². The second-order valence-electron chi connectivity index (χ2n) is 6.07. The molecule has 0 aliphatic rings. The van der Waals surface area contributed by atoms with Gasteiger partial charge < -0.3 is 5.32 Å². The van der Waals surface area contributed by atoms with Crippen molar-refractivity contribution in [1.82, 2.24) is 25.9 Å². The fourth-order valence-electron chi connectivity index (χ4n) is 2.49. The molecule has 2 aromatic rings. The molecule has 1 heterocycles. The Bertz CT molecular complexity index is 891. The number of hydrazine groups is 1. The first kappa shape index (κ1) is 21.9. The highest BCUT2D eigenvalue weighted by Crippen LogP contribution is 2.30. The fraction of sp³-hybridized carbons (Fsp3) is 0.333. The summed E-state index contributed by atoms with van der Waals surface area (Å²) in [4.78, 5) is 35.7. The number of alkyl halides is 3. The molecule has 0 aliphatic heterocycles. The van der Waals surface area contributed by atoms with Crippen LogP contribution >= 0.6 is 0 Å². The topological polar surface area (TPSA) is 105 Å². The SMILES string of the molecule is CCC(CC)NC(=O)C(=O)NNC(=O)c1cccc(-n2nccc2C(F)(F)F)c1. The van der Waals surface area contributed by atoms with E-state index in [0.29, 0.717) is 17.5 Å². The van der Waals surface area contributed by atoms with Crippen molar-refractivity contribution in [3.05, 3.63) is 47.8 Å². The minimum Gasteiger partial charge on any atom is -0.345 e. The van der Waals surface area contributed by atoms with Gasteiger partial charge in [-0.15, -0.1) is 0 Å². The van der Waals surface area contributed by atoms with E-state index < -0.39 is 29.6 Å². The molecule has 0 unspecified atom stereocenters. The van der Waals surface area contributed by atoms with Crippen molar-refractivity contribution in [2.24, 2.45) is 0 Å². The third-order valence-electron chi connectivity index (χ3n) is 4.10. The lowest BCUT2D eigenvalue weighted by molar-refractivity contribution is -0.142. The molecule has 0 atom stereocenters. The summed E-state index contributed by atoms with van der Waals surface area (Å²) in [6.45, 7) is 3.70. The molecule has 0 radical (unpaired) electrons. The molecule has 11 heteroatoms. The summed E-state index contributed by atoms with van der Waals surface area (Å²) in [5, 5.41) is 6.14. The van der Waals surface area contributed by atoms with E-state index >= 15 is 0 Å². The lowest BCUT2D eigenvalue weighted by Gasteiger charge is -2.14. The second-order valence-corrected chi connectivity index (χ2v) is 6.07. The number of aromatic nitrogens is 2. The van der Waals surface area contributed by atoms with Crippen LogP contribution in [0.15, 0.2) is 36.5 Å². The van der Waals surface area contributed by atoms with Gasteiger partial charge in [0, 0.05) is 11.6 Å². The Morgan fingerprint density at radius 3 is 2.38 bits per heavy atom. The monoisotopic (exact) mass is 411 g/mol. The van der Waals surface area contributed by atoms with Gasteiger partial charge >= 0.3 is 18.0 Å². The first-order valence-corrected chi connectivity index (χ1v) is 8.80. The highest BCUT2D eigenvalue weighted by atomic mass is 19.4.